The lowest BCUT2D eigenvalue weighted by Gasteiger charge is -2.31. The number of benzene rings is 1. The van der Waals surface area contributed by atoms with E-state index >= 15 is 0 Å². The molecule has 5 rings (SSSR count). The maximum absolute atomic E-state index is 12.3. The lowest BCUT2D eigenvalue weighted by atomic mass is 10.1. The van der Waals surface area contributed by atoms with Crippen molar-refractivity contribution >= 4 is 36.7 Å². The molecule has 0 radical (unpaired) electrons. The van der Waals surface area contributed by atoms with Crippen molar-refractivity contribution in [3.8, 4) is 22.8 Å². The molecule has 1 aromatic carbocycles. The highest BCUT2D eigenvalue weighted by atomic mass is 32.2. The van der Waals surface area contributed by atoms with Crippen LogP contribution >= 0.6 is 11.3 Å². The molecule has 11 heteroatoms. The fourth-order valence-corrected chi connectivity index (χ4v) is 6.47. The smallest absolute Gasteiger partial charge is 0.213 e. The van der Waals surface area contributed by atoms with Crippen LogP contribution in [-0.4, -0.2) is 57.4 Å². The molecule has 0 saturated carbocycles. The molecule has 0 aliphatic carbocycles. The number of thiazole rings is 1. The third-order valence-corrected chi connectivity index (χ3v) is 8.98. The summed E-state index contributed by atoms with van der Waals surface area (Å²) < 4.78 is 35.2. The van der Waals surface area contributed by atoms with Gasteiger partial charge in [-0.2, -0.15) is 9.40 Å². The Morgan fingerprint density at radius 1 is 1.19 bits per heavy atom. The molecule has 3 aromatic heterocycles. The highest BCUT2D eigenvalue weighted by Gasteiger charge is 2.28. The Hall–Kier alpha value is -3.02. The van der Waals surface area contributed by atoms with E-state index in [2.05, 4.69) is 22.3 Å². The number of rotatable bonds is 9. The van der Waals surface area contributed by atoms with Gasteiger partial charge in [-0.1, -0.05) is 18.3 Å². The molecule has 1 N–H and O–H groups in total. The van der Waals surface area contributed by atoms with Crippen LogP contribution in [0.4, 0.5) is 5.13 Å². The summed E-state index contributed by atoms with van der Waals surface area (Å²) in [5.41, 5.74) is 2.64. The maximum Gasteiger partial charge on any atom is 0.213 e. The van der Waals surface area contributed by atoms with E-state index in [1.807, 2.05) is 47.4 Å². The number of sulfonamides is 1. The largest absolute Gasteiger partial charge is 0.457 e. The van der Waals surface area contributed by atoms with Crippen molar-refractivity contribution < 1.29 is 13.2 Å². The van der Waals surface area contributed by atoms with Crippen LogP contribution in [0.15, 0.2) is 48.9 Å². The third-order valence-electron chi connectivity index (χ3n) is 6.18. The number of nitrogens with zero attached hydrogens (tertiary/aromatic N) is 5. The zero-order valence-electron chi connectivity index (χ0n) is 20.4. The number of ether oxygens (including phenoxy) is 1. The number of hydrogen-bond acceptors (Lipinski definition) is 8. The fourth-order valence-electron chi connectivity index (χ4n) is 4.32. The summed E-state index contributed by atoms with van der Waals surface area (Å²) in [6.07, 6.45) is 8.34. The second-order valence-corrected chi connectivity index (χ2v) is 12.1. The van der Waals surface area contributed by atoms with Gasteiger partial charge in [0.2, 0.25) is 10.0 Å². The standard InChI is InChI=1S/C25H30N6O3S2/c1-3-11-30-16-18(15-27-30)23-13-21(9-10-26-23)34-20-7-8-22-24(14-20)35-25(29-22)28-19-6-5-12-31(17-19)36(32,33)4-2/h7-10,13-16,19H,3-6,11-12,17H2,1-2H3,(H,28,29). The summed E-state index contributed by atoms with van der Waals surface area (Å²) in [4.78, 5) is 9.17. The lowest BCUT2D eigenvalue weighted by molar-refractivity contribution is 0.327. The van der Waals surface area contributed by atoms with Gasteiger partial charge in [0.05, 0.1) is 27.9 Å². The molecule has 1 aliphatic heterocycles. The van der Waals surface area contributed by atoms with Crippen molar-refractivity contribution in [2.24, 2.45) is 0 Å². The van der Waals surface area contributed by atoms with Crippen molar-refractivity contribution in [3.63, 3.8) is 0 Å². The SMILES string of the molecule is CCCn1cc(-c2cc(Oc3ccc4nc(NC5CCCN(S(=O)(=O)CC)C5)sc4c3)ccn2)cn1. The molecule has 36 heavy (non-hydrogen) atoms. The van der Waals surface area contributed by atoms with Gasteiger partial charge in [0.1, 0.15) is 11.5 Å². The Morgan fingerprint density at radius 3 is 2.89 bits per heavy atom. The molecule has 9 nitrogen and oxygen atoms in total. The third kappa shape index (κ3) is 5.53. The minimum atomic E-state index is -3.18. The summed E-state index contributed by atoms with van der Waals surface area (Å²) in [6.45, 7) is 5.75. The first kappa shape index (κ1) is 24.7. The van der Waals surface area contributed by atoms with Gasteiger partial charge >= 0.3 is 0 Å². The van der Waals surface area contributed by atoms with E-state index in [0.717, 1.165) is 58.2 Å². The van der Waals surface area contributed by atoms with Gasteiger partial charge in [0.15, 0.2) is 5.13 Å². The van der Waals surface area contributed by atoms with E-state index in [1.165, 1.54) is 0 Å². The summed E-state index contributed by atoms with van der Waals surface area (Å²) in [6, 6.07) is 9.62. The average Bonchev–Trinajstić information content (AvgIpc) is 3.51. The van der Waals surface area contributed by atoms with Crippen LogP contribution in [0.2, 0.25) is 0 Å². The van der Waals surface area contributed by atoms with Crippen LogP contribution in [0.1, 0.15) is 33.1 Å². The number of piperidine rings is 1. The zero-order chi connectivity index (χ0) is 25.1. The topological polar surface area (TPSA) is 102 Å². The molecule has 1 saturated heterocycles. The van der Waals surface area contributed by atoms with Crippen LogP contribution in [0.25, 0.3) is 21.5 Å². The van der Waals surface area contributed by atoms with Crippen LogP contribution < -0.4 is 10.1 Å². The number of fused-ring (bicyclic) bond motifs is 1. The molecule has 1 fully saturated rings. The van der Waals surface area contributed by atoms with Crippen molar-refractivity contribution in [1.29, 1.82) is 0 Å². The summed E-state index contributed by atoms with van der Waals surface area (Å²) >= 11 is 1.54. The van der Waals surface area contributed by atoms with Gasteiger partial charge in [-0.05, 0) is 44.4 Å². The number of hydrogen-bond donors (Lipinski definition) is 1. The first-order chi connectivity index (χ1) is 17.4. The van der Waals surface area contributed by atoms with E-state index in [9.17, 15) is 8.42 Å². The number of aromatic nitrogens is 4. The van der Waals surface area contributed by atoms with Gasteiger partial charge in [-0.3, -0.25) is 9.67 Å². The van der Waals surface area contributed by atoms with Gasteiger partial charge in [0.25, 0.3) is 0 Å². The highest BCUT2D eigenvalue weighted by molar-refractivity contribution is 7.89. The molecule has 0 spiro atoms. The molecular formula is C25H30N6O3S2. The molecule has 190 valence electrons. The van der Waals surface area contributed by atoms with Gasteiger partial charge in [-0.25, -0.2) is 13.4 Å². The monoisotopic (exact) mass is 526 g/mol. The molecule has 4 heterocycles. The van der Waals surface area contributed by atoms with Gasteiger partial charge < -0.3 is 10.1 Å². The Morgan fingerprint density at radius 2 is 2.06 bits per heavy atom. The van der Waals surface area contributed by atoms with E-state index in [-0.39, 0.29) is 11.8 Å². The summed E-state index contributed by atoms with van der Waals surface area (Å²) in [7, 11) is -3.18. The van der Waals surface area contributed by atoms with Crippen LogP contribution in [-0.2, 0) is 16.6 Å². The van der Waals surface area contributed by atoms with E-state index < -0.39 is 10.0 Å². The molecule has 4 aromatic rings. The highest BCUT2D eigenvalue weighted by Crippen LogP contribution is 2.33. The second kappa shape index (κ2) is 10.5. The Bertz CT molecular complexity index is 1450. The van der Waals surface area contributed by atoms with Gasteiger partial charge in [-0.15, -0.1) is 0 Å². The number of anilines is 1. The van der Waals surface area contributed by atoms with Crippen LogP contribution in [0, 0.1) is 0 Å². The molecule has 0 bridgehead atoms. The summed E-state index contributed by atoms with van der Waals surface area (Å²) in [5.74, 6) is 1.55. The summed E-state index contributed by atoms with van der Waals surface area (Å²) in [5, 5.41) is 8.62. The molecular weight excluding hydrogens is 496 g/mol. The molecule has 1 aliphatic rings. The van der Waals surface area contributed by atoms with Crippen molar-refractivity contribution in [3.05, 3.63) is 48.9 Å². The normalized spacial score (nSPS) is 16.9. The predicted octanol–water partition coefficient (Wildman–Crippen LogP) is 4.98. The number of pyridine rings is 1. The van der Waals surface area contributed by atoms with Crippen molar-refractivity contribution in [2.45, 2.75) is 45.7 Å². The predicted molar refractivity (Wildman–Crippen MR) is 143 cm³/mol. The minimum absolute atomic E-state index is 0.0493. The van der Waals surface area contributed by atoms with E-state index in [4.69, 9.17) is 9.72 Å². The zero-order valence-corrected chi connectivity index (χ0v) is 22.1. The average molecular weight is 527 g/mol. The van der Waals surface area contributed by atoms with Crippen molar-refractivity contribution in [1.82, 2.24) is 24.1 Å². The quantitative estimate of drug-likeness (QED) is 0.328. The van der Waals surface area contributed by atoms with Crippen LogP contribution in [0.3, 0.4) is 0 Å². The fraction of sp³-hybridized carbons (Fsp3) is 0.400. The van der Waals surface area contributed by atoms with Gasteiger partial charge in [0, 0.05) is 55.8 Å². The molecule has 0 amide bonds. The number of aryl methyl sites for hydroxylation is 1. The molecule has 1 atom stereocenters. The Balaban J connectivity index is 1.28. The maximum atomic E-state index is 12.3. The van der Waals surface area contributed by atoms with E-state index in [0.29, 0.717) is 18.8 Å². The Kier molecular flexibility index (Phi) is 7.22. The second-order valence-electron chi connectivity index (χ2n) is 8.86. The first-order valence-electron chi connectivity index (χ1n) is 12.2. The Labute approximate surface area is 215 Å². The minimum Gasteiger partial charge on any atom is -0.457 e. The van der Waals surface area contributed by atoms with E-state index in [1.54, 1.807) is 28.8 Å². The lowest BCUT2D eigenvalue weighted by Crippen LogP contribution is -2.45. The van der Waals surface area contributed by atoms with Crippen LogP contribution in [0.5, 0.6) is 11.5 Å². The first-order valence-corrected chi connectivity index (χ1v) is 14.7. The number of nitrogens with one attached hydrogen (secondary N) is 1. The van der Waals surface area contributed by atoms with Crippen molar-refractivity contribution in [2.75, 3.05) is 24.2 Å². The molecule has 1 unspecified atom stereocenters.